The van der Waals surface area contributed by atoms with Crippen molar-refractivity contribution in [2.45, 2.75) is 45.1 Å². The third-order valence-electron chi connectivity index (χ3n) is 6.67. The number of hydrogen-bond donors (Lipinski definition) is 1. The summed E-state index contributed by atoms with van der Waals surface area (Å²) in [5.74, 6) is 0.819. The van der Waals surface area contributed by atoms with Crippen LogP contribution in [-0.2, 0) is 9.53 Å². The lowest BCUT2D eigenvalue weighted by Crippen LogP contribution is -2.17. The number of nitriles is 1. The first kappa shape index (κ1) is 25.1. The Bertz CT molecular complexity index is 1290. The van der Waals surface area contributed by atoms with E-state index in [0.717, 1.165) is 57.6 Å². The highest BCUT2D eigenvalue weighted by atomic mass is 16.5. The highest BCUT2D eigenvalue weighted by Gasteiger charge is 2.27. The van der Waals surface area contributed by atoms with Gasteiger partial charge in [0.1, 0.15) is 18.4 Å². The highest BCUT2D eigenvalue weighted by molar-refractivity contribution is 5.95. The number of aromatic nitrogens is 1. The second kappa shape index (κ2) is 12.1. The van der Waals surface area contributed by atoms with Crippen molar-refractivity contribution in [3.05, 3.63) is 71.8 Å². The van der Waals surface area contributed by atoms with Gasteiger partial charge in [-0.3, -0.25) is 4.79 Å². The Kier molecular flexibility index (Phi) is 8.46. The molecule has 6 nitrogen and oxygen atoms in total. The van der Waals surface area contributed by atoms with E-state index >= 15 is 0 Å². The van der Waals surface area contributed by atoms with Gasteiger partial charge >= 0.3 is 0 Å². The van der Waals surface area contributed by atoms with E-state index in [1.165, 1.54) is 19.3 Å². The van der Waals surface area contributed by atoms with Gasteiger partial charge < -0.3 is 19.4 Å². The number of fused-ring (bicyclic) bond motifs is 1. The smallest absolute Gasteiger partial charge is 0.293 e. The van der Waals surface area contributed by atoms with Gasteiger partial charge in [0.2, 0.25) is 0 Å². The first-order chi connectivity index (χ1) is 17.7. The lowest BCUT2D eigenvalue weighted by Gasteiger charge is -2.30. The van der Waals surface area contributed by atoms with E-state index in [2.05, 4.69) is 63.2 Å². The van der Waals surface area contributed by atoms with Crippen molar-refractivity contribution in [1.82, 2.24) is 4.57 Å². The van der Waals surface area contributed by atoms with Crippen molar-refractivity contribution < 1.29 is 14.3 Å². The Hall–Kier alpha value is -3.98. The summed E-state index contributed by atoms with van der Waals surface area (Å²) >= 11 is 0. The number of nitrogens with zero attached hydrogens (tertiary/aromatic N) is 2. The number of allylic oxidation sites excluding steroid dienone is 2. The largest absolute Gasteiger partial charge is 0.494 e. The molecule has 1 N–H and O–H groups in total. The molecule has 0 bridgehead atoms. The Balaban J connectivity index is 0.000000256. The molecule has 1 saturated carbocycles. The number of nitrogens with one attached hydrogen (secondary N) is 1. The number of rotatable bonds is 8. The number of benzene rings is 2. The van der Waals surface area contributed by atoms with Gasteiger partial charge in [0, 0.05) is 24.2 Å². The minimum atomic E-state index is 0.417. The summed E-state index contributed by atoms with van der Waals surface area (Å²) in [7, 11) is 1.91. The summed E-state index contributed by atoms with van der Waals surface area (Å²) in [6.07, 6.45) is 11.9. The van der Waals surface area contributed by atoms with E-state index in [4.69, 9.17) is 4.74 Å². The predicted octanol–water partition coefficient (Wildman–Crippen LogP) is 6.78. The van der Waals surface area contributed by atoms with Crippen molar-refractivity contribution in [2.75, 3.05) is 25.6 Å². The molecule has 0 unspecified atom stereocenters. The van der Waals surface area contributed by atoms with Gasteiger partial charge in [0.25, 0.3) is 6.47 Å². The SMILES string of the molecule is CCOc1ccc2c(c1)c(C#N)c(-c1ccc(NC)cc1)n2C1CCC1.O=COCC1=CCCC=C1. The summed E-state index contributed by atoms with van der Waals surface area (Å²) < 4.78 is 12.6. The minimum absolute atomic E-state index is 0.417. The zero-order valence-electron chi connectivity index (χ0n) is 21.0. The number of hydrogen-bond acceptors (Lipinski definition) is 5. The van der Waals surface area contributed by atoms with E-state index in [1.807, 2.05) is 32.2 Å². The molecule has 1 fully saturated rings. The summed E-state index contributed by atoms with van der Waals surface area (Å²) in [4.78, 5) is 9.77. The zero-order chi connectivity index (χ0) is 25.3. The molecule has 2 aromatic carbocycles. The van der Waals surface area contributed by atoms with E-state index < -0.39 is 0 Å². The molecule has 0 aliphatic heterocycles. The lowest BCUT2D eigenvalue weighted by atomic mass is 9.92. The van der Waals surface area contributed by atoms with Crippen molar-refractivity contribution in [3.8, 4) is 23.1 Å². The van der Waals surface area contributed by atoms with Crippen LogP contribution < -0.4 is 10.1 Å². The van der Waals surface area contributed by atoms with E-state index in [1.54, 1.807) is 0 Å². The van der Waals surface area contributed by atoms with Crippen LogP contribution in [-0.4, -0.2) is 31.3 Å². The van der Waals surface area contributed by atoms with Crippen LogP contribution in [0.2, 0.25) is 0 Å². The van der Waals surface area contributed by atoms with Gasteiger partial charge in [-0.15, -0.1) is 0 Å². The monoisotopic (exact) mass is 483 g/mol. The van der Waals surface area contributed by atoms with Crippen LogP contribution in [0.25, 0.3) is 22.2 Å². The Morgan fingerprint density at radius 1 is 1.17 bits per heavy atom. The van der Waals surface area contributed by atoms with E-state index in [9.17, 15) is 10.1 Å². The Morgan fingerprint density at radius 2 is 1.97 bits per heavy atom. The molecule has 1 aromatic heterocycles. The number of anilines is 1. The summed E-state index contributed by atoms with van der Waals surface area (Å²) in [6, 6.07) is 17.4. The summed E-state index contributed by atoms with van der Waals surface area (Å²) in [5, 5.41) is 14.1. The maximum atomic E-state index is 9.97. The lowest BCUT2D eigenvalue weighted by molar-refractivity contribution is -0.127. The maximum Gasteiger partial charge on any atom is 0.293 e. The second-order valence-corrected chi connectivity index (χ2v) is 8.90. The molecule has 2 aliphatic rings. The molecule has 1 heterocycles. The summed E-state index contributed by atoms with van der Waals surface area (Å²) in [6.45, 7) is 3.49. The average molecular weight is 484 g/mol. The van der Waals surface area contributed by atoms with Gasteiger partial charge in [0.05, 0.1) is 23.4 Å². The van der Waals surface area contributed by atoms with Crippen LogP contribution in [0.15, 0.2) is 66.3 Å². The first-order valence-corrected chi connectivity index (χ1v) is 12.6. The Morgan fingerprint density at radius 3 is 2.56 bits per heavy atom. The third-order valence-corrected chi connectivity index (χ3v) is 6.67. The van der Waals surface area contributed by atoms with Gasteiger partial charge in [-0.05, 0) is 80.5 Å². The number of carbonyl (C=O) groups excluding carboxylic acids is 1. The molecule has 0 saturated heterocycles. The fourth-order valence-corrected chi connectivity index (χ4v) is 4.67. The molecular weight excluding hydrogens is 450 g/mol. The molecule has 186 valence electrons. The van der Waals surface area contributed by atoms with Crippen LogP contribution in [0.1, 0.15) is 50.6 Å². The molecule has 36 heavy (non-hydrogen) atoms. The van der Waals surface area contributed by atoms with Gasteiger partial charge in [-0.1, -0.05) is 30.4 Å². The predicted molar refractivity (Wildman–Crippen MR) is 144 cm³/mol. The number of ether oxygens (including phenoxy) is 2. The fourth-order valence-electron chi connectivity index (χ4n) is 4.67. The molecule has 5 rings (SSSR count). The number of carbonyl (C=O) groups is 1. The normalized spacial score (nSPS) is 14.6. The highest BCUT2D eigenvalue weighted by Crippen LogP contribution is 2.43. The van der Waals surface area contributed by atoms with E-state index in [-0.39, 0.29) is 0 Å². The minimum Gasteiger partial charge on any atom is -0.494 e. The molecule has 2 aliphatic carbocycles. The zero-order valence-corrected chi connectivity index (χ0v) is 21.0. The van der Waals surface area contributed by atoms with Crippen LogP contribution >= 0.6 is 0 Å². The van der Waals surface area contributed by atoms with Crippen molar-refractivity contribution >= 4 is 23.1 Å². The standard InChI is InChI=1S/C22H23N3O.C8H10O2/c1-3-26-18-11-12-21-19(13-18)20(14-23)22(25(21)17-5-4-6-17)15-7-9-16(24-2)10-8-15;9-7-10-6-8-4-2-1-3-5-8/h7-13,17,24H,3-6H2,1-2H3;2,4-5,7H,1,3,6H2. The molecule has 0 amide bonds. The fraction of sp³-hybridized carbons (Fsp3) is 0.333. The Labute approximate surface area is 212 Å². The first-order valence-electron chi connectivity index (χ1n) is 12.6. The van der Waals surface area contributed by atoms with Crippen molar-refractivity contribution in [3.63, 3.8) is 0 Å². The van der Waals surface area contributed by atoms with Crippen LogP contribution in [0, 0.1) is 11.3 Å². The van der Waals surface area contributed by atoms with Gasteiger partial charge in [-0.25, -0.2) is 0 Å². The second-order valence-electron chi connectivity index (χ2n) is 8.90. The van der Waals surface area contributed by atoms with Gasteiger partial charge in [0.15, 0.2) is 0 Å². The molecule has 0 spiro atoms. The van der Waals surface area contributed by atoms with Crippen LogP contribution in [0.3, 0.4) is 0 Å². The van der Waals surface area contributed by atoms with Crippen molar-refractivity contribution in [2.24, 2.45) is 0 Å². The topological polar surface area (TPSA) is 76.3 Å². The third kappa shape index (κ3) is 5.46. The van der Waals surface area contributed by atoms with E-state index in [0.29, 0.717) is 25.7 Å². The summed E-state index contributed by atoms with van der Waals surface area (Å²) in [5.41, 5.74) is 6.15. The average Bonchev–Trinajstić information content (AvgIpc) is 3.21. The molecule has 3 aromatic rings. The molecule has 6 heteroatoms. The maximum absolute atomic E-state index is 9.97. The van der Waals surface area contributed by atoms with Crippen molar-refractivity contribution in [1.29, 1.82) is 5.26 Å². The molecule has 0 atom stereocenters. The van der Waals surface area contributed by atoms with Gasteiger partial charge in [-0.2, -0.15) is 5.26 Å². The van der Waals surface area contributed by atoms with Crippen LogP contribution in [0.4, 0.5) is 5.69 Å². The molecule has 0 radical (unpaired) electrons. The van der Waals surface area contributed by atoms with Crippen LogP contribution in [0.5, 0.6) is 5.75 Å². The molecular formula is C30H33N3O3. The quantitative estimate of drug-likeness (QED) is 0.357.